The number of aryl methyl sites for hydroxylation is 1. The zero-order chi connectivity index (χ0) is 22.1. The Morgan fingerprint density at radius 1 is 1.13 bits per heavy atom. The third kappa shape index (κ3) is 7.69. The van der Waals surface area contributed by atoms with Crippen LogP contribution in [0.15, 0.2) is 58.8 Å². The molecule has 3 rings (SSSR count). The predicted octanol–water partition coefficient (Wildman–Crippen LogP) is 5.65. The average molecular weight is 474 g/mol. The van der Waals surface area contributed by atoms with Gasteiger partial charge in [0.2, 0.25) is 11.8 Å². The lowest BCUT2D eigenvalue weighted by molar-refractivity contribution is -0.119. The molecule has 3 aromatic rings. The molecule has 0 spiro atoms. The Hall–Kier alpha value is -2.35. The lowest BCUT2D eigenvalue weighted by atomic mass is 10.1. The summed E-state index contributed by atoms with van der Waals surface area (Å²) in [6.45, 7) is 2.21. The second kappa shape index (κ2) is 11.9. The van der Waals surface area contributed by atoms with E-state index < -0.39 is 0 Å². The van der Waals surface area contributed by atoms with Crippen molar-refractivity contribution < 1.29 is 9.59 Å². The van der Waals surface area contributed by atoms with E-state index in [1.807, 2.05) is 41.8 Å². The largest absolute Gasteiger partial charge is 0.356 e. The number of carbonyl (C=O) groups excluding carboxylic acids is 2. The molecule has 0 radical (unpaired) electrons. The maximum Gasteiger partial charge on any atom is 0.226 e. The van der Waals surface area contributed by atoms with E-state index in [4.69, 9.17) is 11.6 Å². The molecule has 1 heterocycles. The standard InChI is InChI=1S/C23H24ClN3O2S2/c1-16(28)25-13-4-5-17-8-10-18(11-9-17)20-15-31-23(26-20)27-22(29)12-14-30-21-7-3-2-6-19(21)24/h2-3,6-11,15H,4-5,12-14H2,1H3,(H,25,28)(H,26,27,29). The molecule has 5 nitrogen and oxygen atoms in total. The highest BCUT2D eigenvalue weighted by atomic mass is 35.5. The van der Waals surface area contributed by atoms with Crippen LogP contribution in [-0.2, 0) is 16.0 Å². The Labute approximate surface area is 195 Å². The number of carbonyl (C=O) groups is 2. The van der Waals surface area contributed by atoms with Crippen LogP contribution in [0.1, 0.15) is 25.3 Å². The molecule has 2 amide bonds. The maximum absolute atomic E-state index is 12.2. The zero-order valence-electron chi connectivity index (χ0n) is 17.2. The monoisotopic (exact) mass is 473 g/mol. The first kappa shape index (κ1) is 23.3. The van der Waals surface area contributed by atoms with Gasteiger partial charge in [0.15, 0.2) is 5.13 Å². The van der Waals surface area contributed by atoms with Crippen molar-refractivity contribution in [3.05, 3.63) is 64.5 Å². The highest BCUT2D eigenvalue weighted by Gasteiger charge is 2.09. The van der Waals surface area contributed by atoms with Gasteiger partial charge in [-0.25, -0.2) is 4.98 Å². The number of anilines is 1. The second-order valence-electron chi connectivity index (χ2n) is 6.90. The van der Waals surface area contributed by atoms with Crippen molar-refractivity contribution >= 4 is 51.6 Å². The molecule has 0 saturated heterocycles. The molecule has 0 saturated carbocycles. The van der Waals surface area contributed by atoms with Gasteiger partial charge < -0.3 is 10.6 Å². The van der Waals surface area contributed by atoms with Crippen molar-refractivity contribution in [3.8, 4) is 11.3 Å². The molecule has 8 heteroatoms. The average Bonchev–Trinajstić information content (AvgIpc) is 3.21. The summed E-state index contributed by atoms with van der Waals surface area (Å²) in [5, 5.41) is 8.93. The number of halogens is 1. The van der Waals surface area contributed by atoms with E-state index in [0.717, 1.165) is 29.0 Å². The molecule has 0 aliphatic carbocycles. The van der Waals surface area contributed by atoms with Crippen LogP contribution in [0.25, 0.3) is 11.3 Å². The lowest BCUT2D eigenvalue weighted by Crippen LogP contribution is -2.21. The normalized spacial score (nSPS) is 10.6. The summed E-state index contributed by atoms with van der Waals surface area (Å²) in [5.41, 5.74) is 3.07. The molecule has 31 heavy (non-hydrogen) atoms. The van der Waals surface area contributed by atoms with Gasteiger partial charge in [-0.3, -0.25) is 9.59 Å². The summed E-state index contributed by atoms with van der Waals surface area (Å²) in [4.78, 5) is 28.6. The molecule has 0 fully saturated rings. The zero-order valence-corrected chi connectivity index (χ0v) is 19.6. The van der Waals surface area contributed by atoms with Crippen LogP contribution in [0.2, 0.25) is 5.02 Å². The molecule has 0 atom stereocenters. The molecule has 2 N–H and O–H groups in total. The maximum atomic E-state index is 12.2. The van der Waals surface area contributed by atoms with Crippen LogP contribution >= 0.6 is 34.7 Å². The van der Waals surface area contributed by atoms with Gasteiger partial charge >= 0.3 is 0 Å². The van der Waals surface area contributed by atoms with Crippen LogP contribution in [0.4, 0.5) is 5.13 Å². The summed E-state index contributed by atoms with van der Waals surface area (Å²) < 4.78 is 0. The van der Waals surface area contributed by atoms with E-state index >= 15 is 0 Å². The fourth-order valence-corrected chi connectivity index (χ4v) is 4.78. The minimum Gasteiger partial charge on any atom is -0.356 e. The van der Waals surface area contributed by atoms with Crippen LogP contribution in [0, 0.1) is 0 Å². The van der Waals surface area contributed by atoms with Crippen molar-refractivity contribution in [2.45, 2.75) is 31.1 Å². The summed E-state index contributed by atoms with van der Waals surface area (Å²) >= 11 is 9.12. The van der Waals surface area contributed by atoms with Crippen molar-refractivity contribution in [1.29, 1.82) is 0 Å². The number of rotatable bonds is 10. The smallest absolute Gasteiger partial charge is 0.226 e. The summed E-state index contributed by atoms with van der Waals surface area (Å²) in [6, 6.07) is 15.8. The Bertz CT molecular complexity index is 1020. The van der Waals surface area contributed by atoms with E-state index in [1.54, 1.807) is 11.8 Å². The number of nitrogens with one attached hydrogen (secondary N) is 2. The van der Waals surface area contributed by atoms with E-state index in [9.17, 15) is 9.59 Å². The number of hydrogen-bond donors (Lipinski definition) is 2. The van der Waals surface area contributed by atoms with Gasteiger partial charge in [-0.15, -0.1) is 23.1 Å². The molecular formula is C23H24ClN3O2S2. The number of benzene rings is 2. The summed E-state index contributed by atoms with van der Waals surface area (Å²) in [7, 11) is 0. The third-order valence-electron chi connectivity index (χ3n) is 4.44. The van der Waals surface area contributed by atoms with Crippen molar-refractivity contribution in [3.63, 3.8) is 0 Å². The molecule has 0 bridgehead atoms. The lowest BCUT2D eigenvalue weighted by Gasteiger charge is -2.04. The number of thioether (sulfide) groups is 1. The van der Waals surface area contributed by atoms with Crippen molar-refractivity contribution in [1.82, 2.24) is 10.3 Å². The number of nitrogens with zero attached hydrogens (tertiary/aromatic N) is 1. The molecule has 2 aromatic carbocycles. The number of thiazole rings is 1. The van der Waals surface area contributed by atoms with Crippen LogP contribution in [0.5, 0.6) is 0 Å². The molecule has 0 unspecified atom stereocenters. The highest BCUT2D eigenvalue weighted by Crippen LogP contribution is 2.28. The minimum absolute atomic E-state index is 0.00104. The summed E-state index contributed by atoms with van der Waals surface area (Å²) in [6.07, 6.45) is 2.20. The Balaban J connectivity index is 1.45. The topological polar surface area (TPSA) is 71.1 Å². The van der Waals surface area contributed by atoms with Gasteiger partial charge in [-0.2, -0.15) is 0 Å². The van der Waals surface area contributed by atoms with Gasteiger partial charge in [0.05, 0.1) is 10.7 Å². The van der Waals surface area contributed by atoms with E-state index in [0.29, 0.717) is 28.9 Å². The SMILES string of the molecule is CC(=O)NCCCc1ccc(-c2csc(NC(=O)CCSc3ccccc3Cl)n2)cc1. The Kier molecular flexibility index (Phi) is 8.94. The van der Waals surface area contributed by atoms with E-state index in [1.165, 1.54) is 23.8 Å². The van der Waals surface area contributed by atoms with Gasteiger partial charge in [0, 0.05) is 41.5 Å². The fourth-order valence-electron chi connectivity index (χ4n) is 2.86. The molecular weight excluding hydrogens is 450 g/mol. The summed E-state index contributed by atoms with van der Waals surface area (Å²) in [5.74, 6) is 0.591. The van der Waals surface area contributed by atoms with Crippen molar-refractivity contribution in [2.24, 2.45) is 0 Å². The molecule has 1 aromatic heterocycles. The van der Waals surface area contributed by atoms with Gasteiger partial charge in [0.1, 0.15) is 0 Å². The first-order valence-electron chi connectivity index (χ1n) is 9.98. The van der Waals surface area contributed by atoms with Crippen LogP contribution in [0.3, 0.4) is 0 Å². The van der Waals surface area contributed by atoms with Crippen LogP contribution in [-0.4, -0.2) is 29.1 Å². The molecule has 0 aliphatic heterocycles. The van der Waals surface area contributed by atoms with Crippen LogP contribution < -0.4 is 10.6 Å². The van der Waals surface area contributed by atoms with Gasteiger partial charge in [-0.1, -0.05) is 48.0 Å². The van der Waals surface area contributed by atoms with E-state index in [-0.39, 0.29) is 11.8 Å². The third-order valence-corrected chi connectivity index (χ3v) is 6.71. The Morgan fingerprint density at radius 2 is 1.90 bits per heavy atom. The number of amides is 2. The fraction of sp³-hybridized carbons (Fsp3) is 0.261. The number of aromatic nitrogens is 1. The highest BCUT2D eigenvalue weighted by molar-refractivity contribution is 7.99. The first-order valence-corrected chi connectivity index (χ1v) is 12.2. The second-order valence-corrected chi connectivity index (χ2v) is 9.30. The quantitative estimate of drug-likeness (QED) is 0.294. The van der Waals surface area contributed by atoms with Gasteiger partial charge in [0.25, 0.3) is 0 Å². The van der Waals surface area contributed by atoms with Crippen molar-refractivity contribution in [2.75, 3.05) is 17.6 Å². The molecule has 162 valence electrons. The van der Waals surface area contributed by atoms with Gasteiger partial charge in [-0.05, 0) is 30.5 Å². The molecule has 0 aliphatic rings. The predicted molar refractivity (Wildman–Crippen MR) is 130 cm³/mol. The first-order chi connectivity index (χ1) is 15.0. The van der Waals surface area contributed by atoms with E-state index in [2.05, 4.69) is 27.8 Å². The number of hydrogen-bond acceptors (Lipinski definition) is 5. The Morgan fingerprint density at radius 3 is 2.65 bits per heavy atom. The minimum atomic E-state index is -0.0602.